The van der Waals surface area contributed by atoms with Gasteiger partial charge < -0.3 is 15.0 Å². The molecule has 0 spiro atoms. The van der Waals surface area contributed by atoms with Crippen molar-refractivity contribution in [1.82, 2.24) is 10.2 Å². The van der Waals surface area contributed by atoms with E-state index in [1.165, 1.54) is 24.1 Å². The van der Waals surface area contributed by atoms with Gasteiger partial charge in [-0.15, -0.1) is 0 Å². The fraction of sp³-hybridized carbons (Fsp3) is 0.417. The van der Waals surface area contributed by atoms with Gasteiger partial charge in [0.25, 0.3) is 0 Å². The van der Waals surface area contributed by atoms with Crippen molar-refractivity contribution >= 4 is 39.1 Å². The molecule has 0 radical (unpaired) electrons. The van der Waals surface area contributed by atoms with E-state index >= 15 is 0 Å². The molecule has 0 aliphatic carbocycles. The summed E-state index contributed by atoms with van der Waals surface area (Å²) in [5, 5.41) is 3.32. The Kier molecular flexibility index (Phi) is 8.96. The van der Waals surface area contributed by atoms with Gasteiger partial charge in [-0.2, -0.15) is 0 Å². The SMILES string of the molecule is COc1cccc(CN(C(=O)CN(c2ccc(Cl)cc2)S(C)(=O)=O)C(C)C(=O)NC(C)(C)C)c1. The first-order valence-corrected chi connectivity index (χ1v) is 12.9. The number of sulfonamides is 1. The number of benzene rings is 2. The van der Waals surface area contributed by atoms with Crippen LogP contribution in [-0.2, 0) is 26.2 Å². The number of ether oxygens (including phenoxy) is 1. The molecule has 0 heterocycles. The van der Waals surface area contributed by atoms with Crippen molar-refractivity contribution in [2.24, 2.45) is 0 Å². The predicted molar refractivity (Wildman–Crippen MR) is 135 cm³/mol. The maximum absolute atomic E-state index is 13.5. The van der Waals surface area contributed by atoms with E-state index in [0.717, 1.165) is 16.1 Å². The number of amides is 2. The van der Waals surface area contributed by atoms with Crippen LogP contribution < -0.4 is 14.4 Å². The molecule has 34 heavy (non-hydrogen) atoms. The van der Waals surface area contributed by atoms with Crippen LogP contribution in [0.3, 0.4) is 0 Å². The summed E-state index contributed by atoms with van der Waals surface area (Å²) < 4.78 is 31.3. The summed E-state index contributed by atoms with van der Waals surface area (Å²) in [6.45, 7) is 6.77. The Hall–Kier alpha value is -2.78. The summed E-state index contributed by atoms with van der Waals surface area (Å²) in [4.78, 5) is 27.8. The van der Waals surface area contributed by atoms with Gasteiger partial charge in [-0.3, -0.25) is 13.9 Å². The monoisotopic (exact) mass is 509 g/mol. The van der Waals surface area contributed by atoms with Gasteiger partial charge in [0, 0.05) is 17.1 Å². The average molecular weight is 510 g/mol. The normalized spacial score (nSPS) is 12.6. The molecule has 2 amide bonds. The zero-order valence-electron chi connectivity index (χ0n) is 20.3. The number of hydrogen-bond donors (Lipinski definition) is 1. The Labute approximate surface area is 206 Å². The average Bonchev–Trinajstić information content (AvgIpc) is 2.74. The Morgan fingerprint density at radius 3 is 2.26 bits per heavy atom. The molecule has 10 heteroatoms. The van der Waals surface area contributed by atoms with Crippen LogP contribution in [0.4, 0.5) is 5.69 Å². The fourth-order valence-corrected chi connectivity index (χ4v) is 4.22. The second-order valence-electron chi connectivity index (χ2n) is 9.03. The van der Waals surface area contributed by atoms with E-state index in [0.29, 0.717) is 16.5 Å². The zero-order chi connectivity index (χ0) is 25.7. The molecular formula is C24H32ClN3O5S. The maximum atomic E-state index is 13.5. The molecule has 0 bridgehead atoms. The topological polar surface area (TPSA) is 96.0 Å². The van der Waals surface area contributed by atoms with E-state index in [1.54, 1.807) is 37.3 Å². The highest BCUT2D eigenvalue weighted by atomic mass is 35.5. The highest BCUT2D eigenvalue weighted by Gasteiger charge is 2.31. The van der Waals surface area contributed by atoms with Gasteiger partial charge in [-0.1, -0.05) is 23.7 Å². The van der Waals surface area contributed by atoms with Crippen molar-refractivity contribution in [1.29, 1.82) is 0 Å². The standard InChI is InChI=1S/C24H32ClN3O5S/c1-17(23(30)26-24(2,3)4)27(15-18-8-7-9-21(14-18)33-5)22(29)16-28(34(6,31)32)20-12-10-19(25)11-13-20/h7-14,17H,15-16H2,1-6H3,(H,26,30). The lowest BCUT2D eigenvalue weighted by molar-refractivity contribution is -0.140. The second kappa shape index (κ2) is 11.1. The lowest BCUT2D eigenvalue weighted by atomic mass is 10.1. The molecule has 0 aliphatic heterocycles. The summed E-state index contributed by atoms with van der Waals surface area (Å²) in [6.07, 6.45) is 1.02. The number of methoxy groups -OCH3 is 1. The molecule has 1 unspecified atom stereocenters. The largest absolute Gasteiger partial charge is 0.497 e. The minimum absolute atomic E-state index is 0.0903. The van der Waals surface area contributed by atoms with Crippen LogP contribution >= 0.6 is 11.6 Å². The van der Waals surface area contributed by atoms with Gasteiger partial charge >= 0.3 is 0 Å². The fourth-order valence-electron chi connectivity index (χ4n) is 3.25. The second-order valence-corrected chi connectivity index (χ2v) is 11.4. The van der Waals surface area contributed by atoms with Gasteiger partial charge in [0.2, 0.25) is 21.8 Å². The summed E-state index contributed by atoms with van der Waals surface area (Å²) in [5.41, 5.74) is 0.534. The minimum atomic E-state index is -3.80. The Morgan fingerprint density at radius 2 is 1.74 bits per heavy atom. The van der Waals surface area contributed by atoms with Gasteiger partial charge in [-0.25, -0.2) is 8.42 Å². The molecule has 2 rings (SSSR count). The number of carbonyl (C=O) groups is 2. The molecule has 0 aromatic heterocycles. The number of anilines is 1. The van der Waals surface area contributed by atoms with Crippen LogP contribution in [0.1, 0.15) is 33.3 Å². The molecule has 0 aliphatic rings. The number of nitrogens with zero attached hydrogens (tertiary/aromatic N) is 2. The number of hydrogen-bond acceptors (Lipinski definition) is 5. The quantitative estimate of drug-likeness (QED) is 0.558. The van der Waals surface area contributed by atoms with Crippen molar-refractivity contribution in [2.75, 3.05) is 24.2 Å². The molecule has 186 valence electrons. The summed E-state index contributed by atoms with van der Waals surface area (Å²) in [6, 6.07) is 12.4. The lowest BCUT2D eigenvalue weighted by Crippen LogP contribution is -2.54. The van der Waals surface area contributed by atoms with Crippen molar-refractivity contribution in [3.05, 3.63) is 59.1 Å². The van der Waals surface area contributed by atoms with Crippen molar-refractivity contribution in [2.45, 2.75) is 45.8 Å². The van der Waals surface area contributed by atoms with E-state index in [-0.39, 0.29) is 12.5 Å². The van der Waals surface area contributed by atoms with E-state index in [4.69, 9.17) is 16.3 Å². The molecule has 0 saturated heterocycles. The van der Waals surface area contributed by atoms with Crippen molar-refractivity contribution in [3.63, 3.8) is 0 Å². The van der Waals surface area contributed by atoms with E-state index in [2.05, 4.69) is 5.32 Å². The van der Waals surface area contributed by atoms with Crippen molar-refractivity contribution < 1.29 is 22.7 Å². The predicted octanol–water partition coefficient (Wildman–Crippen LogP) is 3.45. The maximum Gasteiger partial charge on any atom is 0.244 e. The molecule has 1 N–H and O–H groups in total. The molecule has 2 aromatic carbocycles. The van der Waals surface area contributed by atoms with Crippen LogP contribution in [0.5, 0.6) is 5.75 Å². The van der Waals surface area contributed by atoms with Crippen LogP contribution in [-0.4, -0.2) is 56.6 Å². The third-order valence-electron chi connectivity index (χ3n) is 4.95. The summed E-state index contributed by atoms with van der Waals surface area (Å²) >= 11 is 5.93. The Balaban J connectivity index is 2.41. The number of halogens is 1. The first-order chi connectivity index (χ1) is 15.7. The smallest absolute Gasteiger partial charge is 0.244 e. The summed E-state index contributed by atoms with van der Waals surface area (Å²) in [7, 11) is -2.26. The summed E-state index contributed by atoms with van der Waals surface area (Å²) in [5.74, 6) is -0.267. The first-order valence-electron chi connectivity index (χ1n) is 10.7. The van der Waals surface area contributed by atoms with Gasteiger partial charge in [0.05, 0.1) is 19.1 Å². The number of carbonyl (C=O) groups excluding carboxylic acids is 2. The third-order valence-corrected chi connectivity index (χ3v) is 6.34. The lowest BCUT2D eigenvalue weighted by Gasteiger charge is -2.33. The van der Waals surface area contributed by atoms with Crippen LogP contribution in [0, 0.1) is 0 Å². The van der Waals surface area contributed by atoms with Crippen LogP contribution in [0.25, 0.3) is 0 Å². The van der Waals surface area contributed by atoms with Gasteiger partial charge in [0.15, 0.2) is 0 Å². The van der Waals surface area contributed by atoms with E-state index in [9.17, 15) is 18.0 Å². The van der Waals surface area contributed by atoms with Gasteiger partial charge in [-0.05, 0) is 69.7 Å². The van der Waals surface area contributed by atoms with E-state index < -0.39 is 34.1 Å². The molecule has 0 fully saturated rings. The highest BCUT2D eigenvalue weighted by Crippen LogP contribution is 2.22. The van der Waals surface area contributed by atoms with Crippen LogP contribution in [0.2, 0.25) is 5.02 Å². The highest BCUT2D eigenvalue weighted by molar-refractivity contribution is 7.92. The molecular weight excluding hydrogens is 478 g/mol. The zero-order valence-corrected chi connectivity index (χ0v) is 21.9. The first kappa shape index (κ1) is 27.5. The Morgan fingerprint density at radius 1 is 1.12 bits per heavy atom. The molecule has 8 nitrogen and oxygen atoms in total. The third kappa shape index (κ3) is 7.92. The molecule has 2 aromatic rings. The van der Waals surface area contributed by atoms with Crippen molar-refractivity contribution in [3.8, 4) is 5.75 Å². The van der Waals surface area contributed by atoms with E-state index in [1.807, 2.05) is 26.8 Å². The molecule has 0 saturated carbocycles. The number of nitrogens with one attached hydrogen (secondary N) is 1. The van der Waals surface area contributed by atoms with Crippen LogP contribution in [0.15, 0.2) is 48.5 Å². The Bertz CT molecular complexity index is 1110. The molecule has 1 atom stereocenters. The number of rotatable bonds is 9. The minimum Gasteiger partial charge on any atom is -0.497 e. The van der Waals surface area contributed by atoms with Gasteiger partial charge in [0.1, 0.15) is 18.3 Å².